The Kier molecular flexibility index (Phi) is 5.49. The molecular formula is C24H27N5S. The van der Waals surface area contributed by atoms with Crippen LogP contribution < -0.4 is 5.32 Å². The van der Waals surface area contributed by atoms with Crippen molar-refractivity contribution in [1.82, 2.24) is 24.8 Å². The normalized spacial score (nSPS) is 22.3. The highest BCUT2D eigenvalue weighted by Crippen LogP contribution is 2.41. The molecule has 2 fully saturated rings. The Labute approximate surface area is 183 Å². The molecule has 1 N–H and O–H groups in total. The van der Waals surface area contributed by atoms with Crippen LogP contribution in [-0.2, 0) is 6.54 Å². The maximum atomic E-state index is 5.82. The van der Waals surface area contributed by atoms with Crippen LogP contribution in [0.3, 0.4) is 0 Å². The first kappa shape index (κ1) is 19.2. The molecule has 3 aromatic heterocycles. The number of thiocarbonyl (C=S) groups is 1. The smallest absolute Gasteiger partial charge is 0.170 e. The van der Waals surface area contributed by atoms with Crippen LogP contribution in [0.4, 0.5) is 0 Å². The van der Waals surface area contributed by atoms with E-state index in [1.807, 2.05) is 36.8 Å². The number of nitrogens with one attached hydrogen (secondary N) is 1. The lowest BCUT2D eigenvalue weighted by molar-refractivity contribution is 0.275. The predicted octanol–water partition coefficient (Wildman–Crippen LogP) is 4.96. The summed E-state index contributed by atoms with van der Waals surface area (Å²) in [5.74, 6) is 0. The molecule has 1 saturated carbocycles. The van der Waals surface area contributed by atoms with Gasteiger partial charge in [-0.2, -0.15) is 0 Å². The molecule has 6 heteroatoms. The van der Waals surface area contributed by atoms with E-state index in [9.17, 15) is 0 Å². The van der Waals surface area contributed by atoms with Gasteiger partial charge >= 0.3 is 0 Å². The van der Waals surface area contributed by atoms with Gasteiger partial charge in [-0.3, -0.25) is 9.97 Å². The van der Waals surface area contributed by atoms with Crippen molar-refractivity contribution in [2.45, 2.75) is 56.8 Å². The molecule has 0 aromatic carbocycles. The average molecular weight is 418 g/mol. The van der Waals surface area contributed by atoms with Gasteiger partial charge < -0.3 is 14.8 Å². The minimum atomic E-state index is 0.0209. The number of aromatic nitrogens is 3. The summed E-state index contributed by atoms with van der Waals surface area (Å²) < 4.78 is 2.51. The second-order valence-corrected chi connectivity index (χ2v) is 8.63. The highest BCUT2D eigenvalue weighted by molar-refractivity contribution is 7.80. The predicted molar refractivity (Wildman–Crippen MR) is 122 cm³/mol. The summed E-state index contributed by atoms with van der Waals surface area (Å²) in [7, 11) is 0. The molecule has 0 unspecified atom stereocenters. The minimum absolute atomic E-state index is 0.0209. The summed E-state index contributed by atoms with van der Waals surface area (Å²) in [6, 6.07) is 15.3. The lowest BCUT2D eigenvalue weighted by atomic mass is 9.94. The van der Waals surface area contributed by atoms with E-state index in [4.69, 9.17) is 12.2 Å². The Hall–Kier alpha value is -2.73. The number of pyridine rings is 2. The van der Waals surface area contributed by atoms with Gasteiger partial charge in [0, 0.05) is 43.1 Å². The van der Waals surface area contributed by atoms with Crippen LogP contribution in [0.1, 0.15) is 67.2 Å². The zero-order chi connectivity index (χ0) is 20.3. The third-order valence-corrected chi connectivity index (χ3v) is 6.71. The Morgan fingerprint density at radius 2 is 1.90 bits per heavy atom. The van der Waals surface area contributed by atoms with Crippen molar-refractivity contribution < 1.29 is 0 Å². The molecule has 0 amide bonds. The van der Waals surface area contributed by atoms with E-state index in [2.05, 4.69) is 55.2 Å². The highest BCUT2D eigenvalue weighted by atomic mass is 32.1. The fourth-order valence-corrected chi connectivity index (χ4v) is 5.24. The number of hydrogen-bond acceptors (Lipinski definition) is 3. The van der Waals surface area contributed by atoms with Crippen molar-refractivity contribution in [2.75, 3.05) is 0 Å². The molecule has 1 aliphatic heterocycles. The Morgan fingerprint density at radius 1 is 1.00 bits per heavy atom. The first-order valence-corrected chi connectivity index (χ1v) is 11.3. The number of nitrogens with zero attached hydrogens (tertiary/aromatic N) is 4. The third kappa shape index (κ3) is 3.72. The van der Waals surface area contributed by atoms with Gasteiger partial charge in [-0.15, -0.1) is 0 Å². The highest BCUT2D eigenvalue weighted by Gasteiger charge is 2.41. The van der Waals surface area contributed by atoms with Crippen LogP contribution in [0.25, 0.3) is 0 Å². The quantitative estimate of drug-likeness (QED) is 0.595. The third-order valence-electron chi connectivity index (χ3n) is 6.36. The molecule has 2 aliphatic rings. The number of rotatable bonds is 5. The van der Waals surface area contributed by atoms with E-state index in [0.29, 0.717) is 6.04 Å². The summed E-state index contributed by atoms with van der Waals surface area (Å²) in [5, 5.41) is 4.34. The van der Waals surface area contributed by atoms with E-state index < -0.39 is 0 Å². The van der Waals surface area contributed by atoms with Crippen LogP contribution >= 0.6 is 12.2 Å². The molecule has 0 bridgehead atoms. The first-order chi connectivity index (χ1) is 14.8. The second kappa shape index (κ2) is 8.56. The van der Waals surface area contributed by atoms with E-state index in [1.165, 1.54) is 37.8 Å². The van der Waals surface area contributed by atoms with E-state index in [1.54, 1.807) is 0 Å². The molecule has 1 aliphatic carbocycles. The van der Waals surface area contributed by atoms with Gasteiger partial charge in [0.25, 0.3) is 0 Å². The maximum Gasteiger partial charge on any atom is 0.170 e. The van der Waals surface area contributed by atoms with Gasteiger partial charge in [0.15, 0.2) is 5.11 Å². The van der Waals surface area contributed by atoms with Crippen LogP contribution in [-0.4, -0.2) is 24.5 Å². The van der Waals surface area contributed by atoms with Crippen molar-refractivity contribution in [3.8, 4) is 0 Å². The molecule has 2 atom stereocenters. The molecule has 3 aromatic rings. The largest absolute Gasteiger partial charge is 0.352 e. The van der Waals surface area contributed by atoms with E-state index in [-0.39, 0.29) is 12.1 Å². The summed E-state index contributed by atoms with van der Waals surface area (Å²) in [6.45, 7) is 0.726. The summed E-state index contributed by atoms with van der Waals surface area (Å²) in [5.41, 5.74) is 3.49. The van der Waals surface area contributed by atoms with E-state index >= 15 is 0 Å². The first-order valence-electron chi connectivity index (χ1n) is 10.8. The molecule has 4 heterocycles. The zero-order valence-corrected chi connectivity index (χ0v) is 17.8. The molecule has 5 rings (SSSR count). The van der Waals surface area contributed by atoms with Gasteiger partial charge in [-0.05, 0) is 61.0 Å². The van der Waals surface area contributed by atoms with E-state index in [0.717, 1.165) is 22.9 Å². The second-order valence-electron chi connectivity index (χ2n) is 8.25. The van der Waals surface area contributed by atoms with Crippen molar-refractivity contribution in [2.24, 2.45) is 0 Å². The van der Waals surface area contributed by atoms with Crippen molar-refractivity contribution in [3.05, 3.63) is 84.2 Å². The van der Waals surface area contributed by atoms with Gasteiger partial charge in [-0.1, -0.05) is 31.4 Å². The van der Waals surface area contributed by atoms with Crippen LogP contribution in [0.15, 0.2) is 67.3 Å². The minimum Gasteiger partial charge on any atom is -0.352 e. The average Bonchev–Trinajstić information content (AvgIpc) is 3.40. The monoisotopic (exact) mass is 417 g/mol. The fraction of sp³-hybridized carbons (Fsp3) is 0.375. The van der Waals surface area contributed by atoms with Crippen LogP contribution in [0.5, 0.6) is 0 Å². The molecular weight excluding hydrogens is 390 g/mol. The summed E-state index contributed by atoms with van der Waals surface area (Å²) >= 11 is 5.82. The molecule has 1 saturated heterocycles. The standard InChI is InChI=1S/C24H27N5S/c30-24-27-22(20-11-4-5-14-26-20)23(29(24)17-18-8-6-13-25-16-18)21-12-7-15-28(21)19-9-2-1-3-10-19/h4-8,11-16,19,22-23H,1-3,9-10,17H2,(H,27,30)/t22-,23+/m0/s1. The zero-order valence-electron chi connectivity index (χ0n) is 17.0. The molecule has 0 radical (unpaired) electrons. The van der Waals surface area contributed by atoms with Crippen molar-refractivity contribution in [3.63, 3.8) is 0 Å². The molecule has 30 heavy (non-hydrogen) atoms. The maximum absolute atomic E-state index is 5.82. The molecule has 5 nitrogen and oxygen atoms in total. The lowest BCUT2D eigenvalue weighted by Gasteiger charge is -2.32. The van der Waals surface area contributed by atoms with Gasteiger partial charge in [0.1, 0.15) is 0 Å². The van der Waals surface area contributed by atoms with Gasteiger partial charge in [0.2, 0.25) is 0 Å². The van der Waals surface area contributed by atoms with Crippen molar-refractivity contribution >= 4 is 17.3 Å². The summed E-state index contributed by atoms with van der Waals surface area (Å²) in [4.78, 5) is 11.3. The Balaban J connectivity index is 1.54. The Bertz CT molecular complexity index is 981. The van der Waals surface area contributed by atoms with Crippen LogP contribution in [0.2, 0.25) is 0 Å². The topological polar surface area (TPSA) is 46.0 Å². The number of hydrogen-bond donors (Lipinski definition) is 1. The summed E-state index contributed by atoms with van der Waals surface area (Å²) in [6.07, 6.45) is 14.3. The lowest BCUT2D eigenvalue weighted by Crippen LogP contribution is -2.30. The Morgan fingerprint density at radius 3 is 2.67 bits per heavy atom. The molecule has 0 spiro atoms. The fourth-order valence-electron chi connectivity index (χ4n) is 4.94. The molecule has 154 valence electrons. The van der Waals surface area contributed by atoms with Gasteiger partial charge in [0.05, 0.1) is 17.8 Å². The van der Waals surface area contributed by atoms with Gasteiger partial charge in [-0.25, -0.2) is 0 Å². The van der Waals surface area contributed by atoms with Crippen molar-refractivity contribution in [1.29, 1.82) is 0 Å². The SMILES string of the molecule is S=C1N[C@@H](c2ccccn2)[C@@H](c2cccn2C2CCCCC2)N1Cc1cccnc1. The van der Waals surface area contributed by atoms with Crippen LogP contribution in [0, 0.1) is 0 Å².